The van der Waals surface area contributed by atoms with Crippen molar-refractivity contribution in [2.24, 2.45) is 0 Å². The minimum atomic E-state index is -1.05. The molecule has 2 N–H and O–H groups in total. The van der Waals surface area contributed by atoms with Gasteiger partial charge in [-0.15, -0.1) is 11.3 Å². The van der Waals surface area contributed by atoms with Gasteiger partial charge in [0.25, 0.3) is 5.91 Å². The highest BCUT2D eigenvalue weighted by Gasteiger charge is 2.26. The van der Waals surface area contributed by atoms with Crippen molar-refractivity contribution in [3.8, 4) is 0 Å². The first kappa shape index (κ1) is 18.1. The van der Waals surface area contributed by atoms with Gasteiger partial charge in [-0.05, 0) is 12.5 Å². The predicted molar refractivity (Wildman–Crippen MR) is 94.6 cm³/mol. The molecule has 0 aliphatic rings. The Morgan fingerprint density at radius 3 is 2.38 bits per heavy atom. The first-order valence-corrected chi connectivity index (χ1v) is 8.55. The van der Waals surface area contributed by atoms with Gasteiger partial charge < -0.3 is 10.4 Å². The lowest BCUT2D eigenvalue weighted by Crippen LogP contribution is -2.42. The van der Waals surface area contributed by atoms with E-state index in [4.69, 9.17) is 0 Å². The number of aliphatic carboxylic acids is 1. The van der Waals surface area contributed by atoms with Crippen LogP contribution in [0.25, 0.3) is 0 Å². The number of carboxylic acids is 1. The molecule has 0 radical (unpaired) electrons. The minimum absolute atomic E-state index is 0.149. The lowest BCUT2D eigenvalue weighted by Gasteiger charge is -2.14. The zero-order chi connectivity index (χ0) is 17.9. The molecule has 1 aromatic carbocycles. The number of carbonyl (C=O) groups is 2. The standard InChI is InChI=1S/C18H22N2O3S/c1-11-14(24-17(19-11)18(2,3)4)15(21)20-13(16(22)23)10-12-8-6-5-7-9-12/h5-9,13H,10H2,1-4H3,(H,20,21)(H,22,23). The van der Waals surface area contributed by atoms with E-state index < -0.39 is 12.0 Å². The van der Waals surface area contributed by atoms with Crippen LogP contribution < -0.4 is 5.32 Å². The molecule has 0 saturated heterocycles. The van der Waals surface area contributed by atoms with Gasteiger partial charge in [0.2, 0.25) is 0 Å². The minimum Gasteiger partial charge on any atom is -0.480 e. The van der Waals surface area contributed by atoms with Crippen molar-refractivity contribution in [1.29, 1.82) is 0 Å². The number of nitrogens with one attached hydrogen (secondary N) is 1. The Kier molecular flexibility index (Phi) is 5.39. The molecular weight excluding hydrogens is 324 g/mol. The van der Waals surface area contributed by atoms with Crippen molar-refractivity contribution in [3.63, 3.8) is 0 Å². The van der Waals surface area contributed by atoms with Crippen LogP contribution in [0.1, 0.15) is 46.7 Å². The summed E-state index contributed by atoms with van der Waals surface area (Å²) in [4.78, 5) is 28.9. The number of aromatic nitrogens is 1. The number of carbonyl (C=O) groups excluding carboxylic acids is 1. The number of hydrogen-bond acceptors (Lipinski definition) is 4. The number of hydrogen-bond donors (Lipinski definition) is 2. The van der Waals surface area contributed by atoms with Gasteiger partial charge in [-0.1, -0.05) is 51.1 Å². The Hall–Kier alpha value is -2.21. The lowest BCUT2D eigenvalue weighted by atomic mass is 9.98. The summed E-state index contributed by atoms with van der Waals surface area (Å²) >= 11 is 1.32. The second-order valence-corrected chi connectivity index (χ2v) is 7.74. The van der Waals surface area contributed by atoms with Crippen LogP contribution in [0.3, 0.4) is 0 Å². The summed E-state index contributed by atoms with van der Waals surface area (Å²) in [5.41, 5.74) is 1.34. The lowest BCUT2D eigenvalue weighted by molar-refractivity contribution is -0.139. The van der Waals surface area contributed by atoms with Gasteiger partial charge in [0, 0.05) is 11.8 Å². The number of rotatable bonds is 5. The molecule has 0 saturated carbocycles. The van der Waals surface area contributed by atoms with E-state index >= 15 is 0 Å². The SMILES string of the molecule is Cc1nc(C(C)(C)C)sc1C(=O)NC(Cc1ccccc1)C(=O)O. The van der Waals surface area contributed by atoms with Crippen LogP contribution in [0.15, 0.2) is 30.3 Å². The smallest absolute Gasteiger partial charge is 0.326 e. The fourth-order valence-corrected chi connectivity index (χ4v) is 3.23. The molecular formula is C18H22N2O3S. The number of carboxylic acid groups (broad SMARTS) is 1. The van der Waals surface area contributed by atoms with Crippen molar-refractivity contribution < 1.29 is 14.7 Å². The Balaban J connectivity index is 2.17. The molecule has 1 atom stereocenters. The fraction of sp³-hybridized carbons (Fsp3) is 0.389. The molecule has 6 heteroatoms. The van der Waals surface area contributed by atoms with Crippen LogP contribution >= 0.6 is 11.3 Å². The van der Waals surface area contributed by atoms with Crippen molar-refractivity contribution in [3.05, 3.63) is 51.5 Å². The van der Waals surface area contributed by atoms with Crippen molar-refractivity contribution >= 4 is 23.2 Å². The summed E-state index contributed by atoms with van der Waals surface area (Å²) in [6, 6.07) is 8.28. The molecule has 0 spiro atoms. The zero-order valence-electron chi connectivity index (χ0n) is 14.3. The number of amides is 1. The maximum Gasteiger partial charge on any atom is 0.326 e. The predicted octanol–water partition coefficient (Wildman–Crippen LogP) is 3.17. The fourth-order valence-electron chi connectivity index (χ4n) is 2.20. The Morgan fingerprint density at radius 1 is 1.25 bits per heavy atom. The summed E-state index contributed by atoms with van der Waals surface area (Å²) in [6.07, 6.45) is 0.242. The highest BCUT2D eigenvalue weighted by atomic mass is 32.1. The monoisotopic (exact) mass is 346 g/mol. The normalized spacial score (nSPS) is 12.7. The average molecular weight is 346 g/mol. The number of benzene rings is 1. The van der Waals surface area contributed by atoms with E-state index in [1.54, 1.807) is 6.92 Å². The molecule has 0 fully saturated rings. The Labute approximate surface area is 145 Å². The summed E-state index contributed by atoms with van der Waals surface area (Å²) in [5, 5.41) is 12.9. The highest BCUT2D eigenvalue weighted by molar-refractivity contribution is 7.14. The number of thiazole rings is 1. The summed E-state index contributed by atoms with van der Waals surface area (Å²) in [6.45, 7) is 7.86. The van der Waals surface area contributed by atoms with E-state index in [-0.39, 0.29) is 17.7 Å². The van der Waals surface area contributed by atoms with Crippen LogP contribution in [0, 0.1) is 6.92 Å². The van der Waals surface area contributed by atoms with E-state index in [1.807, 2.05) is 51.1 Å². The van der Waals surface area contributed by atoms with Crippen molar-refractivity contribution in [2.75, 3.05) is 0 Å². The first-order valence-electron chi connectivity index (χ1n) is 7.74. The van der Waals surface area contributed by atoms with E-state index in [9.17, 15) is 14.7 Å². The van der Waals surface area contributed by atoms with Crippen molar-refractivity contribution in [2.45, 2.75) is 45.6 Å². The molecule has 1 aromatic heterocycles. The maximum atomic E-state index is 12.5. The van der Waals surface area contributed by atoms with Gasteiger partial charge >= 0.3 is 5.97 Å². The third-order valence-corrected chi connectivity index (χ3v) is 5.11. The average Bonchev–Trinajstić information content (AvgIpc) is 2.89. The highest BCUT2D eigenvalue weighted by Crippen LogP contribution is 2.29. The molecule has 0 aliphatic heterocycles. The van der Waals surface area contributed by atoms with Crippen LogP contribution in [0.2, 0.25) is 0 Å². The molecule has 5 nitrogen and oxygen atoms in total. The molecule has 0 aliphatic carbocycles. The van der Waals surface area contributed by atoms with E-state index in [0.717, 1.165) is 10.6 Å². The molecule has 128 valence electrons. The van der Waals surface area contributed by atoms with Gasteiger partial charge in [-0.25, -0.2) is 9.78 Å². The molecule has 2 aromatic rings. The topological polar surface area (TPSA) is 79.3 Å². The Morgan fingerprint density at radius 2 is 1.88 bits per heavy atom. The molecule has 24 heavy (non-hydrogen) atoms. The van der Waals surface area contributed by atoms with Crippen LogP contribution in [-0.4, -0.2) is 28.0 Å². The van der Waals surface area contributed by atoms with Crippen molar-refractivity contribution in [1.82, 2.24) is 10.3 Å². The summed E-state index contributed by atoms with van der Waals surface area (Å²) in [5.74, 6) is -1.44. The van der Waals surface area contributed by atoms with Crippen LogP contribution in [0.5, 0.6) is 0 Å². The third-order valence-electron chi connectivity index (χ3n) is 3.53. The van der Waals surface area contributed by atoms with E-state index in [1.165, 1.54) is 11.3 Å². The summed E-state index contributed by atoms with van der Waals surface area (Å²) < 4.78 is 0. The number of nitrogens with zero attached hydrogens (tertiary/aromatic N) is 1. The molecule has 2 rings (SSSR count). The second-order valence-electron chi connectivity index (χ2n) is 6.74. The number of aryl methyl sites for hydroxylation is 1. The van der Waals surface area contributed by atoms with Gasteiger partial charge in [0.05, 0.1) is 10.7 Å². The summed E-state index contributed by atoms with van der Waals surface area (Å²) in [7, 11) is 0. The zero-order valence-corrected chi connectivity index (χ0v) is 15.1. The van der Waals surface area contributed by atoms with E-state index in [0.29, 0.717) is 10.6 Å². The first-order chi connectivity index (χ1) is 11.2. The van der Waals surface area contributed by atoms with Gasteiger partial charge in [-0.3, -0.25) is 4.79 Å². The van der Waals surface area contributed by atoms with Gasteiger partial charge in [0.15, 0.2) is 0 Å². The maximum absolute atomic E-state index is 12.5. The Bertz CT molecular complexity index is 732. The second kappa shape index (κ2) is 7.13. The quantitative estimate of drug-likeness (QED) is 0.871. The molecule has 0 bridgehead atoms. The van der Waals surface area contributed by atoms with Crippen LogP contribution in [-0.2, 0) is 16.6 Å². The van der Waals surface area contributed by atoms with Crippen LogP contribution in [0.4, 0.5) is 0 Å². The largest absolute Gasteiger partial charge is 0.480 e. The van der Waals surface area contributed by atoms with Gasteiger partial charge in [0.1, 0.15) is 10.9 Å². The molecule has 1 heterocycles. The van der Waals surface area contributed by atoms with Gasteiger partial charge in [-0.2, -0.15) is 0 Å². The third kappa shape index (κ3) is 4.41. The molecule has 1 unspecified atom stereocenters. The molecule has 1 amide bonds. The van der Waals surface area contributed by atoms with E-state index in [2.05, 4.69) is 10.3 Å².